The van der Waals surface area contributed by atoms with Crippen LogP contribution in [0.15, 0.2) is 64.2 Å². The minimum Gasteiger partial charge on any atom is -0.490 e. The molecule has 0 aliphatic carbocycles. The summed E-state index contributed by atoms with van der Waals surface area (Å²) < 4.78 is 14.5. The Morgan fingerprint density at radius 3 is 2.56 bits per heavy atom. The number of hydrogen-bond acceptors (Lipinski definition) is 7. The van der Waals surface area contributed by atoms with Gasteiger partial charge in [-0.05, 0) is 89.8 Å². The Kier molecular flexibility index (Phi) is 9.76. The summed E-state index contributed by atoms with van der Waals surface area (Å²) in [5.41, 5.74) is 3.49. The van der Waals surface area contributed by atoms with Crippen molar-refractivity contribution in [2.45, 2.75) is 37.8 Å². The van der Waals surface area contributed by atoms with Crippen LogP contribution in [0.2, 0.25) is 10.0 Å². The van der Waals surface area contributed by atoms with E-state index in [-0.39, 0.29) is 18.1 Å². The Morgan fingerprint density at radius 2 is 1.87 bits per heavy atom. The van der Waals surface area contributed by atoms with Crippen LogP contribution in [0, 0.1) is 24.0 Å². The molecular weight excluding hydrogens is 627 g/mol. The normalized spacial score (nSPS) is 11.8. The molecular formula is C27H25BrCl2N4O4S. The number of aryl methyl sites for hydroxylation is 2. The van der Waals surface area contributed by atoms with Gasteiger partial charge in [0.2, 0.25) is 6.54 Å². The van der Waals surface area contributed by atoms with E-state index in [1.54, 1.807) is 18.2 Å². The molecule has 0 radical (unpaired) electrons. The van der Waals surface area contributed by atoms with E-state index in [0.717, 1.165) is 16.8 Å². The Labute approximate surface area is 248 Å². The summed E-state index contributed by atoms with van der Waals surface area (Å²) in [6.45, 7) is 5.99. The first kappa shape index (κ1) is 29.2. The summed E-state index contributed by atoms with van der Waals surface area (Å²) in [6, 6.07) is 16.8. The quantitative estimate of drug-likeness (QED) is 0.0920. The summed E-state index contributed by atoms with van der Waals surface area (Å²) in [5.74, 6) is 1.63. The van der Waals surface area contributed by atoms with Crippen LogP contribution in [-0.4, -0.2) is 32.8 Å². The van der Waals surface area contributed by atoms with Gasteiger partial charge in [0.15, 0.2) is 16.7 Å². The zero-order valence-corrected chi connectivity index (χ0v) is 25.3. The lowest BCUT2D eigenvalue weighted by molar-refractivity contribution is -0.479. The first-order valence-corrected chi connectivity index (χ1v) is 14.4. The highest BCUT2D eigenvalue weighted by molar-refractivity contribution is 9.10. The lowest BCUT2D eigenvalue weighted by atomic mass is 10.1. The molecule has 0 saturated carbocycles. The van der Waals surface area contributed by atoms with Gasteiger partial charge in [0.25, 0.3) is 0 Å². The monoisotopic (exact) mass is 650 g/mol. The molecule has 0 bridgehead atoms. The highest BCUT2D eigenvalue weighted by Crippen LogP contribution is 2.43. The number of nitrogens with zero attached hydrogens (tertiary/aromatic N) is 4. The summed E-state index contributed by atoms with van der Waals surface area (Å²) in [6.07, 6.45) is 0. The fraction of sp³-hybridized carbons (Fsp3) is 0.259. The molecule has 1 aromatic heterocycles. The molecule has 0 saturated heterocycles. The van der Waals surface area contributed by atoms with Gasteiger partial charge in [-0.3, -0.25) is 14.7 Å². The van der Waals surface area contributed by atoms with Crippen LogP contribution in [-0.2, 0) is 6.61 Å². The molecule has 0 spiro atoms. The first-order valence-electron chi connectivity index (χ1n) is 12.0. The van der Waals surface area contributed by atoms with E-state index in [4.69, 9.17) is 32.7 Å². The molecule has 12 heteroatoms. The average Bonchev–Trinajstić information content (AvgIpc) is 3.24. The third kappa shape index (κ3) is 7.25. The summed E-state index contributed by atoms with van der Waals surface area (Å²) in [4.78, 5) is 11.4. The Morgan fingerprint density at radius 1 is 1.08 bits per heavy atom. The van der Waals surface area contributed by atoms with E-state index >= 15 is 0 Å². The predicted molar refractivity (Wildman–Crippen MR) is 157 cm³/mol. The van der Waals surface area contributed by atoms with E-state index in [1.807, 2.05) is 61.7 Å². The smallest absolute Gasteiger partial charge is 0.220 e. The van der Waals surface area contributed by atoms with Crippen LogP contribution >= 0.6 is 50.9 Å². The van der Waals surface area contributed by atoms with Gasteiger partial charge in [-0.1, -0.05) is 53.2 Å². The van der Waals surface area contributed by atoms with Crippen molar-refractivity contribution in [1.82, 2.24) is 14.8 Å². The highest BCUT2D eigenvalue weighted by Gasteiger charge is 2.26. The SMILES string of the molecule is CCOc1cc([C@H](C[N+](=O)[O-])Sc2nnc(C)n2-c2cccc(C)c2)cc(Br)c1OCc1ccc(Cl)c(Cl)c1. The van der Waals surface area contributed by atoms with Crippen molar-refractivity contribution in [2.75, 3.05) is 13.2 Å². The van der Waals surface area contributed by atoms with E-state index in [1.165, 1.54) is 11.8 Å². The van der Waals surface area contributed by atoms with Crippen molar-refractivity contribution >= 4 is 50.9 Å². The van der Waals surface area contributed by atoms with Crippen molar-refractivity contribution in [1.29, 1.82) is 0 Å². The maximum absolute atomic E-state index is 11.7. The average molecular weight is 652 g/mol. The molecule has 8 nitrogen and oxygen atoms in total. The zero-order valence-electron chi connectivity index (χ0n) is 21.4. The van der Waals surface area contributed by atoms with Crippen LogP contribution in [0.4, 0.5) is 0 Å². The van der Waals surface area contributed by atoms with Crippen molar-refractivity contribution in [2.24, 2.45) is 0 Å². The first-order chi connectivity index (χ1) is 18.7. The van der Waals surface area contributed by atoms with Crippen LogP contribution in [0.5, 0.6) is 11.5 Å². The van der Waals surface area contributed by atoms with Crippen LogP contribution in [0.3, 0.4) is 0 Å². The number of thioether (sulfide) groups is 1. The van der Waals surface area contributed by atoms with Gasteiger partial charge in [0, 0.05) is 10.6 Å². The molecule has 0 aliphatic rings. The molecule has 0 N–H and O–H groups in total. The fourth-order valence-electron chi connectivity index (χ4n) is 3.92. The van der Waals surface area contributed by atoms with Crippen molar-refractivity contribution in [3.8, 4) is 17.2 Å². The molecule has 4 rings (SSSR count). The standard InChI is InChI=1S/C27H25BrCl2N4O4S/c1-4-37-24-13-19(12-21(28)26(24)38-15-18-8-9-22(29)23(30)11-18)25(14-33(35)36)39-27-32-31-17(3)34(27)20-7-5-6-16(2)10-20/h5-13,25H,4,14-15H2,1-3H3/t25-/m0/s1. The van der Waals surface area contributed by atoms with Crippen molar-refractivity contribution < 1.29 is 14.4 Å². The number of benzene rings is 3. The predicted octanol–water partition coefficient (Wildman–Crippen LogP) is 8.04. The lowest BCUT2D eigenvalue weighted by Crippen LogP contribution is -2.12. The maximum atomic E-state index is 11.7. The molecule has 4 aromatic rings. The summed E-state index contributed by atoms with van der Waals surface area (Å²) >= 11 is 17.0. The van der Waals surface area contributed by atoms with Crippen molar-refractivity contribution in [3.05, 3.63) is 102 Å². The number of halogens is 3. The zero-order chi connectivity index (χ0) is 28.1. The summed E-state index contributed by atoms with van der Waals surface area (Å²) in [7, 11) is 0. The van der Waals surface area contributed by atoms with Gasteiger partial charge in [-0.25, -0.2) is 0 Å². The Balaban J connectivity index is 1.67. The molecule has 1 atom stereocenters. The molecule has 0 unspecified atom stereocenters. The fourth-order valence-corrected chi connectivity index (χ4v) is 5.97. The second-order valence-electron chi connectivity index (χ2n) is 8.63. The van der Waals surface area contributed by atoms with Crippen molar-refractivity contribution in [3.63, 3.8) is 0 Å². The minimum atomic E-state index is -0.577. The van der Waals surface area contributed by atoms with E-state index in [9.17, 15) is 10.1 Å². The molecule has 1 heterocycles. The third-order valence-corrected chi connectivity index (χ3v) is 8.20. The number of ether oxygens (including phenoxy) is 2. The topological polar surface area (TPSA) is 92.3 Å². The van der Waals surface area contributed by atoms with Gasteiger partial charge in [0.05, 0.1) is 21.1 Å². The van der Waals surface area contributed by atoms with Gasteiger partial charge in [-0.15, -0.1) is 10.2 Å². The van der Waals surface area contributed by atoms with Crippen LogP contribution in [0.25, 0.3) is 5.69 Å². The highest BCUT2D eigenvalue weighted by atomic mass is 79.9. The van der Waals surface area contributed by atoms with Gasteiger partial charge in [0.1, 0.15) is 17.7 Å². The molecule has 3 aromatic carbocycles. The molecule has 0 fully saturated rings. The number of nitro groups is 1. The van der Waals surface area contributed by atoms with Gasteiger partial charge < -0.3 is 9.47 Å². The third-order valence-electron chi connectivity index (χ3n) is 5.69. The van der Waals surface area contributed by atoms with Gasteiger partial charge in [-0.2, -0.15) is 0 Å². The number of rotatable bonds is 11. The van der Waals surface area contributed by atoms with Gasteiger partial charge >= 0.3 is 0 Å². The number of hydrogen-bond donors (Lipinski definition) is 0. The van der Waals surface area contributed by atoms with E-state index < -0.39 is 5.25 Å². The summed E-state index contributed by atoms with van der Waals surface area (Å²) in [5, 5.41) is 21.2. The second kappa shape index (κ2) is 13.0. The molecule has 204 valence electrons. The minimum absolute atomic E-state index is 0.223. The van der Waals surface area contributed by atoms with E-state index in [0.29, 0.717) is 49.2 Å². The molecule has 39 heavy (non-hydrogen) atoms. The Bertz CT molecular complexity index is 1500. The second-order valence-corrected chi connectivity index (χ2v) is 11.5. The maximum Gasteiger partial charge on any atom is 0.220 e. The lowest BCUT2D eigenvalue weighted by Gasteiger charge is -2.19. The Hall–Kier alpha value is -2.79. The van der Waals surface area contributed by atoms with Crippen LogP contribution < -0.4 is 9.47 Å². The largest absolute Gasteiger partial charge is 0.490 e. The molecule has 0 amide bonds. The van der Waals surface area contributed by atoms with E-state index in [2.05, 4.69) is 26.1 Å². The number of aromatic nitrogens is 3. The van der Waals surface area contributed by atoms with Crippen LogP contribution in [0.1, 0.15) is 34.7 Å². The molecule has 0 aliphatic heterocycles.